The number of unbranched alkanes of at least 4 members (excludes halogenated alkanes) is 1. The van der Waals surface area contributed by atoms with Gasteiger partial charge in [-0.25, -0.2) is 8.78 Å². The number of aliphatic hydroxyl groups excluding tert-OH is 2. The normalized spacial score (nSPS) is 24.9. The van der Waals surface area contributed by atoms with E-state index in [2.05, 4.69) is 0 Å². The van der Waals surface area contributed by atoms with E-state index >= 15 is 0 Å². The third kappa shape index (κ3) is 5.53. The average molecular weight is 437 g/mol. The first kappa shape index (κ1) is 22.6. The summed E-state index contributed by atoms with van der Waals surface area (Å²) in [6, 6.07) is 9.62. The summed E-state index contributed by atoms with van der Waals surface area (Å²) < 4.78 is 29.9. The van der Waals surface area contributed by atoms with Gasteiger partial charge < -0.3 is 15.3 Å². The molecule has 3 rings (SSSR count). The van der Waals surface area contributed by atoms with Crippen LogP contribution in [0.1, 0.15) is 43.1 Å². The number of carbonyl (C=O) groups is 1. The number of hydrogen-bond acceptors (Lipinski definition) is 4. The fraction of sp³-hybridized carbons (Fsp3) is 0.435. The monoisotopic (exact) mass is 436 g/mol. The number of benzene rings is 1. The second-order valence-corrected chi connectivity index (χ2v) is 8.84. The number of thiophene rings is 1. The van der Waals surface area contributed by atoms with Gasteiger partial charge in [-0.2, -0.15) is 0 Å². The van der Waals surface area contributed by atoms with Gasteiger partial charge in [-0.15, -0.1) is 11.3 Å². The van der Waals surface area contributed by atoms with E-state index in [9.17, 15) is 23.8 Å². The maximum absolute atomic E-state index is 14.4. The molecule has 1 fully saturated rings. The third-order valence-electron chi connectivity index (χ3n) is 5.50. The molecule has 1 aromatic heterocycles. The number of carboxylic acids is 1. The Morgan fingerprint density at radius 3 is 2.80 bits per heavy atom. The minimum Gasteiger partial charge on any atom is -0.481 e. The van der Waals surface area contributed by atoms with Gasteiger partial charge in [0.2, 0.25) is 0 Å². The van der Waals surface area contributed by atoms with Crippen LogP contribution in [0.4, 0.5) is 8.78 Å². The molecule has 0 saturated heterocycles. The lowest BCUT2D eigenvalue weighted by Gasteiger charge is -2.21. The van der Waals surface area contributed by atoms with Crippen molar-refractivity contribution in [3.8, 4) is 0 Å². The summed E-state index contributed by atoms with van der Waals surface area (Å²) in [5.74, 6) is -5.69. The summed E-state index contributed by atoms with van der Waals surface area (Å²) in [7, 11) is 0. The smallest absolute Gasteiger partial charge is 0.303 e. The molecular weight excluding hydrogens is 410 g/mol. The van der Waals surface area contributed by atoms with Crippen molar-refractivity contribution in [1.82, 2.24) is 0 Å². The van der Waals surface area contributed by atoms with Gasteiger partial charge >= 0.3 is 5.97 Å². The predicted molar refractivity (Wildman–Crippen MR) is 114 cm³/mol. The molecule has 1 aliphatic rings. The van der Waals surface area contributed by atoms with E-state index in [0.29, 0.717) is 12.8 Å². The van der Waals surface area contributed by atoms with Gasteiger partial charge in [-0.3, -0.25) is 4.79 Å². The first-order valence-electron chi connectivity index (χ1n) is 10.1. The van der Waals surface area contributed by atoms with Crippen LogP contribution in [-0.4, -0.2) is 33.3 Å². The maximum Gasteiger partial charge on any atom is 0.303 e. The first-order valence-corrected chi connectivity index (χ1v) is 10.9. The van der Waals surface area contributed by atoms with E-state index in [1.807, 2.05) is 30.3 Å². The standard InChI is InChI=1S/C23H26F2O4S/c24-23(25)14-19(27)16(17(23)8-3-1-2-4-10-22(28)29)11-12-18(26)21-13-15-7-5-6-9-20(15)30-21/h1,3,5-7,9,11-13,16-19,26-27H,2,4,8,10,14H2,(H,28,29)/b3-1-,12-11+/t16-,17-,18-,19-/m1/s1. The number of allylic oxidation sites excluding steroid dienone is 2. The van der Waals surface area contributed by atoms with Crippen molar-refractivity contribution in [2.24, 2.45) is 11.8 Å². The number of aliphatic carboxylic acids is 1. The van der Waals surface area contributed by atoms with Crippen LogP contribution in [0.5, 0.6) is 0 Å². The third-order valence-corrected chi connectivity index (χ3v) is 6.69. The molecule has 4 nitrogen and oxygen atoms in total. The highest BCUT2D eigenvalue weighted by molar-refractivity contribution is 7.19. The molecule has 0 unspecified atom stereocenters. The molecule has 1 aliphatic carbocycles. The Balaban J connectivity index is 1.65. The minimum absolute atomic E-state index is 0.0453. The lowest BCUT2D eigenvalue weighted by atomic mass is 9.89. The molecule has 1 saturated carbocycles. The van der Waals surface area contributed by atoms with E-state index in [-0.39, 0.29) is 12.8 Å². The van der Waals surface area contributed by atoms with Crippen molar-refractivity contribution in [2.45, 2.75) is 50.2 Å². The van der Waals surface area contributed by atoms with Gasteiger partial charge in [-0.1, -0.05) is 42.5 Å². The van der Waals surface area contributed by atoms with Gasteiger partial charge in [0, 0.05) is 34.3 Å². The van der Waals surface area contributed by atoms with Gasteiger partial charge in [0.25, 0.3) is 5.92 Å². The maximum atomic E-state index is 14.4. The second-order valence-electron chi connectivity index (χ2n) is 7.73. The van der Waals surface area contributed by atoms with Crippen LogP contribution in [0.3, 0.4) is 0 Å². The topological polar surface area (TPSA) is 77.8 Å². The fourth-order valence-corrected chi connectivity index (χ4v) is 4.95. The van der Waals surface area contributed by atoms with Crippen LogP contribution < -0.4 is 0 Å². The molecule has 162 valence electrons. The molecule has 0 bridgehead atoms. The molecule has 0 spiro atoms. The van der Waals surface area contributed by atoms with E-state index in [1.165, 1.54) is 23.5 Å². The number of fused-ring (bicyclic) bond motifs is 1. The molecule has 0 radical (unpaired) electrons. The lowest BCUT2D eigenvalue weighted by molar-refractivity contribution is -0.137. The molecule has 1 heterocycles. The molecule has 30 heavy (non-hydrogen) atoms. The van der Waals surface area contributed by atoms with Gasteiger partial charge in [0.05, 0.1) is 6.10 Å². The summed E-state index contributed by atoms with van der Waals surface area (Å²) in [4.78, 5) is 11.2. The van der Waals surface area contributed by atoms with Crippen molar-refractivity contribution in [3.63, 3.8) is 0 Å². The molecule has 0 amide bonds. The summed E-state index contributed by atoms with van der Waals surface area (Å²) in [6.07, 6.45) is 4.78. The number of carboxylic acid groups (broad SMARTS) is 1. The first-order chi connectivity index (χ1) is 14.3. The Bertz CT molecular complexity index is 888. The lowest BCUT2D eigenvalue weighted by Crippen LogP contribution is -2.25. The highest BCUT2D eigenvalue weighted by Crippen LogP contribution is 2.47. The zero-order valence-corrected chi connectivity index (χ0v) is 17.3. The Morgan fingerprint density at radius 2 is 2.07 bits per heavy atom. The number of aliphatic hydroxyl groups is 2. The summed E-state index contributed by atoms with van der Waals surface area (Å²) in [5.41, 5.74) is 0. The molecular formula is C23H26F2O4S. The Kier molecular flexibility index (Phi) is 7.39. The Labute approximate surface area is 178 Å². The number of alkyl halides is 2. The molecule has 3 N–H and O–H groups in total. The molecule has 4 atom stereocenters. The van der Waals surface area contributed by atoms with Crippen LogP contribution >= 0.6 is 11.3 Å². The Hall–Kier alpha value is -2.09. The Morgan fingerprint density at radius 1 is 1.30 bits per heavy atom. The number of rotatable bonds is 9. The van der Waals surface area contributed by atoms with Crippen molar-refractivity contribution < 1.29 is 28.9 Å². The van der Waals surface area contributed by atoms with Crippen molar-refractivity contribution in [3.05, 3.63) is 59.5 Å². The predicted octanol–water partition coefficient (Wildman–Crippen LogP) is 5.32. The zero-order chi connectivity index (χ0) is 21.7. The molecule has 1 aromatic carbocycles. The highest BCUT2D eigenvalue weighted by Gasteiger charge is 2.53. The van der Waals surface area contributed by atoms with Gasteiger partial charge in [-0.05, 0) is 36.8 Å². The van der Waals surface area contributed by atoms with Crippen molar-refractivity contribution in [2.75, 3.05) is 0 Å². The zero-order valence-electron chi connectivity index (χ0n) is 16.5. The quantitative estimate of drug-likeness (QED) is 0.367. The van der Waals surface area contributed by atoms with Crippen LogP contribution in [0.2, 0.25) is 0 Å². The van der Waals surface area contributed by atoms with Gasteiger partial charge in [0.15, 0.2) is 0 Å². The van der Waals surface area contributed by atoms with Gasteiger partial charge in [0.1, 0.15) is 6.10 Å². The number of hydrogen-bond donors (Lipinski definition) is 3. The minimum atomic E-state index is -3.00. The summed E-state index contributed by atoms with van der Waals surface area (Å²) in [5, 5.41) is 30.3. The summed E-state index contributed by atoms with van der Waals surface area (Å²) in [6.45, 7) is 0. The summed E-state index contributed by atoms with van der Waals surface area (Å²) >= 11 is 1.45. The van der Waals surface area contributed by atoms with Crippen LogP contribution in [0, 0.1) is 11.8 Å². The van der Waals surface area contributed by atoms with Crippen LogP contribution in [0.25, 0.3) is 10.1 Å². The molecule has 7 heteroatoms. The number of halogens is 2. The van der Waals surface area contributed by atoms with E-state index in [1.54, 1.807) is 12.2 Å². The largest absolute Gasteiger partial charge is 0.481 e. The van der Waals surface area contributed by atoms with Crippen molar-refractivity contribution in [1.29, 1.82) is 0 Å². The van der Waals surface area contributed by atoms with Crippen molar-refractivity contribution >= 4 is 27.4 Å². The van der Waals surface area contributed by atoms with E-state index < -0.39 is 42.4 Å². The van der Waals surface area contributed by atoms with E-state index in [0.717, 1.165) is 15.0 Å². The SMILES string of the molecule is O=C(O)CCC/C=C\C[C@@H]1[C@@H](/C=C/[C@@H](O)c2cc3ccccc3s2)[C@H](O)CC1(F)F. The fourth-order valence-electron chi connectivity index (χ4n) is 3.92. The van der Waals surface area contributed by atoms with Crippen LogP contribution in [0.15, 0.2) is 54.6 Å². The second kappa shape index (κ2) is 9.81. The van der Waals surface area contributed by atoms with Crippen LogP contribution in [-0.2, 0) is 4.79 Å². The average Bonchev–Trinajstić information content (AvgIpc) is 3.20. The molecule has 0 aliphatic heterocycles. The molecule has 2 aromatic rings. The van der Waals surface area contributed by atoms with E-state index in [4.69, 9.17) is 5.11 Å². The highest BCUT2D eigenvalue weighted by atomic mass is 32.1.